The van der Waals surface area contributed by atoms with E-state index in [0.717, 1.165) is 0 Å². The van der Waals surface area contributed by atoms with Crippen LogP contribution in [0.5, 0.6) is 0 Å². The second-order valence-corrected chi connectivity index (χ2v) is 5.33. The summed E-state index contributed by atoms with van der Waals surface area (Å²) >= 11 is 0. The predicted molar refractivity (Wildman–Crippen MR) is 78.6 cm³/mol. The zero-order chi connectivity index (χ0) is 15.3. The van der Waals surface area contributed by atoms with Gasteiger partial charge >= 0.3 is 0 Å². The zero-order valence-corrected chi connectivity index (χ0v) is 12.9. The minimum absolute atomic E-state index is 0.148. The van der Waals surface area contributed by atoms with Gasteiger partial charge in [-0.2, -0.15) is 0 Å². The molecule has 0 spiro atoms. The van der Waals surface area contributed by atoms with Crippen LogP contribution in [0.3, 0.4) is 0 Å². The molecule has 1 aromatic rings. The number of carbonyl (C=O) groups is 1. The van der Waals surface area contributed by atoms with E-state index in [0.29, 0.717) is 24.7 Å². The number of carbonyl (C=O) groups excluding carboxylic acids is 1. The summed E-state index contributed by atoms with van der Waals surface area (Å²) in [6.45, 7) is 8.84. The number of likely N-dealkylation sites (N-methyl/N-ethyl adjacent to an activating group) is 1. The summed E-state index contributed by atoms with van der Waals surface area (Å²) in [6, 6.07) is 0. The highest BCUT2D eigenvalue weighted by atomic mass is 16.5. The summed E-state index contributed by atoms with van der Waals surface area (Å²) in [5.41, 5.74) is 6.36. The molecular formula is C14H24N4O2. The van der Waals surface area contributed by atoms with Gasteiger partial charge in [-0.15, -0.1) is 0 Å². The SMILES string of the molecule is CC(C)OCCN(C)C(=O)c1nc(C(C)C)ncc1N. The average Bonchev–Trinajstić information content (AvgIpc) is 2.37. The van der Waals surface area contributed by atoms with Gasteiger partial charge in [0.1, 0.15) is 5.82 Å². The van der Waals surface area contributed by atoms with E-state index >= 15 is 0 Å². The van der Waals surface area contributed by atoms with E-state index in [4.69, 9.17) is 10.5 Å². The molecule has 0 aliphatic heterocycles. The van der Waals surface area contributed by atoms with Crippen LogP contribution in [0.4, 0.5) is 5.69 Å². The van der Waals surface area contributed by atoms with Crippen molar-refractivity contribution in [2.24, 2.45) is 0 Å². The van der Waals surface area contributed by atoms with Crippen LogP contribution in [0.15, 0.2) is 6.20 Å². The number of ether oxygens (including phenoxy) is 1. The lowest BCUT2D eigenvalue weighted by atomic mass is 10.2. The molecule has 0 bridgehead atoms. The highest BCUT2D eigenvalue weighted by molar-refractivity contribution is 5.96. The first-order chi connectivity index (χ1) is 9.32. The number of anilines is 1. The van der Waals surface area contributed by atoms with Gasteiger partial charge in [-0.1, -0.05) is 13.8 Å². The maximum absolute atomic E-state index is 12.3. The number of nitrogens with two attached hydrogens (primary N) is 1. The first-order valence-electron chi connectivity index (χ1n) is 6.82. The predicted octanol–water partition coefficient (Wildman–Crippen LogP) is 1.68. The van der Waals surface area contributed by atoms with Crippen LogP contribution in [0, 0.1) is 0 Å². The van der Waals surface area contributed by atoms with Crippen molar-refractivity contribution < 1.29 is 9.53 Å². The minimum Gasteiger partial charge on any atom is -0.396 e. The molecule has 6 nitrogen and oxygen atoms in total. The van der Waals surface area contributed by atoms with Crippen LogP contribution in [0.2, 0.25) is 0 Å². The van der Waals surface area contributed by atoms with Crippen molar-refractivity contribution in [2.45, 2.75) is 39.7 Å². The van der Waals surface area contributed by atoms with Crippen LogP contribution in [-0.2, 0) is 4.74 Å². The lowest BCUT2D eigenvalue weighted by Gasteiger charge is -2.19. The van der Waals surface area contributed by atoms with Gasteiger partial charge in [-0.05, 0) is 13.8 Å². The largest absolute Gasteiger partial charge is 0.396 e. The first-order valence-corrected chi connectivity index (χ1v) is 6.82. The van der Waals surface area contributed by atoms with E-state index < -0.39 is 0 Å². The molecule has 2 N–H and O–H groups in total. The average molecular weight is 280 g/mol. The molecule has 6 heteroatoms. The van der Waals surface area contributed by atoms with Gasteiger partial charge < -0.3 is 15.4 Å². The van der Waals surface area contributed by atoms with E-state index in [2.05, 4.69) is 9.97 Å². The van der Waals surface area contributed by atoms with Crippen LogP contribution < -0.4 is 5.73 Å². The summed E-state index contributed by atoms with van der Waals surface area (Å²) in [6.07, 6.45) is 1.64. The Morgan fingerprint density at radius 1 is 1.40 bits per heavy atom. The molecule has 0 aliphatic carbocycles. The van der Waals surface area contributed by atoms with Gasteiger partial charge in [0.2, 0.25) is 0 Å². The van der Waals surface area contributed by atoms with Crippen molar-refractivity contribution in [2.75, 3.05) is 25.9 Å². The molecule has 0 fully saturated rings. The summed E-state index contributed by atoms with van der Waals surface area (Å²) in [7, 11) is 1.71. The molecule has 1 heterocycles. The molecule has 0 saturated carbocycles. The quantitative estimate of drug-likeness (QED) is 0.857. The molecule has 1 amide bonds. The van der Waals surface area contributed by atoms with Crippen molar-refractivity contribution in [3.8, 4) is 0 Å². The fourth-order valence-corrected chi connectivity index (χ4v) is 1.56. The van der Waals surface area contributed by atoms with Crippen molar-refractivity contribution >= 4 is 11.6 Å². The Morgan fingerprint density at radius 2 is 2.05 bits per heavy atom. The zero-order valence-electron chi connectivity index (χ0n) is 12.9. The van der Waals surface area contributed by atoms with Gasteiger partial charge in [0.25, 0.3) is 5.91 Å². The Bertz CT molecular complexity index is 460. The number of hydrogen-bond donors (Lipinski definition) is 1. The summed E-state index contributed by atoms with van der Waals surface area (Å²) in [4.78, 5) is 22.3. The molecular weight excluding hydrogens is 256 g/mol. The Balaban J connectivity index is 2.77. The lowest BCUT2D eigenvalue weighted by molar-refractivity contribution is 0.0529. The Hall–Kier alpha value is -1.69. The van der Waals surface area contributed by atoms with Gasteiger partial charge in [0.15, 0.2) is 5.69 Å². The molecule has 0 aliphatic rings. The molecule has 1 rings (SSSR count). The van der Waals surface area contributed by atoms with Gasteiger partial charge in [-0.3, -0.25) is 4.79 Å². The molecule has 0 unspecified atom stereocenters. The van der Waals surface area contributed by atoms with E-state index in [1.165, 1.54) is 6.20 Å². The lowest BCUT2D eigenvalue weighted by Crippen LogP contribution is -2.32. The monoisotopic (exact) mass is 280 g/mol. The summed E-state index contributed by atoms with van der Waals surface area (Å²) in [5.74, 6) is 0.560. The number of nitrogen functional groups attached to an aromatic ring is 1. The van der Waals surface area contributed by atoms with Crippen LogP contribution in [0.1, 0.15) is 49.9 Å². The molecule has 112 valence electrons. The van der Waals surface area contributed by atoms with Gasteiger partial charge in [0, 0.05) is 19.5 Å². The van der Waals surface area contributed by atoms with Crippen molar-refractivity contribution in [3.63, 3.8) is 0 Å². The molecule has 0 radical (unpaired) electrons. The standard InChI is InChI=1S/C14H24N4O2/c1-9(2)13-16-8-11(15)12(17-13)14(19)18(5)6-7-20-10(3)4/h8-10H,6-7,15H2,1-5H3. The summed E-state index contributed by atoms with van der Waals surface area (Å²) in [5, 5.41) is 0. The van der Waals surface area contributed by atoms with Crippen molar-refractivity contribution in [1.82, 2.24) is 14.9 Å². The normalized spacial score (nSPS) is 11.2. The van der Waals surface area contributed by atoms with E-state index in [1.807, 2.05) is 27.7 Å². The fraction of sp³-hybridized carbons (Fsp3) is 0.643. The Morgan fingerprint density at radius 3 is 2.60 bits per heavy atom. The topological polar surface area (TPSA) is 81.3 Å². The van der Waals surface area contributed by atoms with Crippen LogP contribution >= 0.6 is 0 Å². The highest BCUT2D eigenvalue weighted by Gasteiger charge is 2.18. The minimum atomic E-state index is -0.209. The van der Waals surface area contributed by atoms with E-state index in [1.54, 1.807) is 11.9 Å². The third-order valence-corrected chi connectivity index (χ3v) is 2.78. The van der Waals surface area contributed by atoms with Crippen molar-refractivity contribution in [3.05, 3.63) is 17.7 Å². The second-order valence-electron chi connectivity index (χ2n) is 5.33. The molecule has 0 saturated heterocycles. The fourth-order valence-electron chi connectivity index (χ4n) is 1.56. The maximum atomic E-state index is 12.3. The Kier molecular flexibility index (Phi) is 5.88. The number of aromatic nitrogens is 2. The maximum Gasteiger partial charge on any atom is 0.274 e. The van der Waals surface area contributed by atoms with E-state index in [9.17, 15) is 4.79 Å². The summed E-state index contributed by atoms with van der Waals surface area (Å²) < 4.78 is 5.43. The smallest absolute Gasteiger partial charge is 0.274 e. The molecule has 0 aromatic carbocycles. The van der Waals surface area contributed by atoms with Crippen molar-refractivity contribution in [1.29, 1.82) is 0 Å². The number of hydrogen-bond acceptors (Lipinski definition) is 5. The van der Waals surface area contributed by atoms with Gasteiger partial charge in [-0.25, -0.2) is 9.97 Å². The van der Waals surface area contributed by atoms with Crippen LogP contribution in [0.25, 0.3) is 0 Å². The number of amides is 1. The van der Waals surface area contributed by atoms with E-state index in [-0.39, 0.29) is 23.6 Å². The molecule has 0 atom stereocenters. The highest BCUT2D eigenvalue weighted by Crippen LogP contribution is 2.14. The Labute approximate surface area is 120 Å². The first kappa shape index (κ1) is 16.4. The molecule has 20 heavy (non-hydrogen) atoms. The number of rotatable bonds is 6. The third-order valence-electron chi connectivity index (χ3n) is 2.78. The number of nitrogens with zero attached hydrogens (tertiary/aromatic N) is 3. The molecule has 1 aromatic heterocycles. The third kappa shape index (κ3) is 4.45. The van der Waals surface area contributed by atoms with Crippen LogP contribution in [-0.4, -0.2) is 47.1 Å². The van der Waals surface area contributed by atoms with Gasteiger partial charge in [0.05, 0.1) is 24.6 Å². The second kappa shape index (κ2) is 7.19.